The summed E-state index contributed by atoms with van der Waals surface area (Å²) in [5.41, 5.74) is 8.23. The molecule has 3 heterocycles. The van der Waals surface area contributed by atoms with Gasteiger partial charge in [0.2, 0.25) is 0 Å². The quantitative estimate of drug-likeness (QED) is 0.691. The Hall–Kier alpha value is -2.47. The van der Waals surface area contributed by atoms with Crippen LogP contribution in [-0.4, -0.2) is 24.5 Å². The highest BCUT2D eigenvalue weighted by atomic mass is 32.1. The number of nitrogens with two attached hydrogens (primary N) is 1. The smallest absolute Gasteiger partial charge is 0.265 e. The van der Waals surface area contributed by atoms with Crippen LogP contribution in [0.25, 0.3) is 10.2 Å². The van der Waals surface area contributed by atoms with Crippen molar-refractivity contribution in [1.29, 1.82) is 0 Å². The minimum absolute atomic E-state index is 0.414. The van der Waals surface area contributed by atoms with Crippen LogP contribution in [0.2, 0.25) is 0 Å². The van der Waals surface area contributed by atoms with Gasteiger partial charge in [0.1, 0.15) is 16.3 Å². The lowest BCUT2D eigenvalue weighted by atomic mass is 9.92. The standard InChI is InChI=1S/C17H17N3O2S/c1-22-12-2-3-13-9(5-12)4-11(8-19-13)15-7-10-6-14(16(18)21)20-17(10)23-15/h2-3,5-7,11,19-20H,4,8H2,1H3,(H2,18,21). The number of amides is 1. The number of thiophene rings is 1. The molecule has 1 atom stereocenters. The molecule has 6 heteroatoms. The first-order valence-corrected chi connectivity index (χ1v) is 8.28. The zero-order chi connectivity index (χ0) is 16.0. The normalized spacial score (nSPS) is 16.8. The Morgan fingerprint density at radius 3 is 2.96 bits per heavy atom. The number of hydrogen-bond donors (Lipinski definition) is 3. The molecule has 1 aromatic carbocycles. The third-order valence-corrected chi connectivity index (χ3v) is 5.54. The van der Waals surface area contributed by atoms with Gasteiger partial charge in [-0.05, 0) is 42.3 Å². The summed E-state index contributed by atoms with van der Waals surface area (Å²) in [4.78, 5) is 16.6. The van der Waals surface area contributed by atoms with Crippen molar-refractivity contribution in [3.63, 3.8) is 0 Å². The van der Waals surface area contributed by atoms with Crippen LogP contribution in [0.1, 0.15) is 26.8 Å². The molecule has 0 radical (unpaired) electrons. The second-order valence-electron chi connectivity index (χ2n) is 5.79. The molecule has 1 unspecified atom stereocenters. The van der Waals surface area contributed by atoms with Crippen LogP contribution in [0.15, 0.2) is 30.3 Å². The highest BCUT2D eigenvalue weighted by molar-refractivity contribution is 7.18. The second-order valence-corrected chi connectivity index (χ2v) is 6.87. The van der Waals surface area contributed by atoms with E-state index >= 15 is 0 Å². The Labute approximate surface area is 137 Å². The monoisotopic (exact) mass is 327 g/mol. The van der Waals surface area contributed by atoms with Gasteiger partial charge in [-0.25, -0.2) is 0 Å². The highest BCUT2D eigenvalue weighted by Gasteiger charge is 2.22. The molecule has 0 spiro atoms. The zero-order valence-electron chi connectivity index (χ0n) is 12.7. The van der Waals surface area contributed by atoms with Crippen LogP contribution in [-0.2, 0) is 6.42 Å². The largest absolute Gasteiger partial charge is 0.497 e. The molecular formula is C17H17N3O2S. The van der Waals surface area contributed by atoms with Crippen molar-refractivity contribution in [3.05, 3.63) is 46.5 Å². The van der Waals surface area contributed by atoms with Crippen LogP contribution in [0, 0.1) is 0 Å². The first-order valence-electron chi connectivity index (χ1n) is 7.47. The number of nitrogens with one attached hydrogen (secondary N) is 2. The van der Waals surface area contributed by atoms with Crippen molar-refractivity contribution in [2.24, 2.45) is 5.73 Å². The number of aromatic nitrogens is 1. The van der Waals surface area contributed by atoms with Gasteiger partial charge in [-0.2, -0.15) is 0 Å². The topological polar surface area (TPSA) is 80.1 Å². The number of methoxy groups -OCH3 is 1. The second kappa shape index (κ2) is 5.31. The van der Waals surface area contributed by atoms with E-state index in [0.29, 0.717) is 11.6 Å². The molecule has 1 aliphatic heterocycles. The molecule has 23 heavy (non-hydrogen) atoms. The molecule has 0 saturated heterocycles. The first-order chi connectivity index (χ1) is 11.1. The summed E-state index contributed by atoms with van der Waals surface area (Å²) in [7, 11) is 1.69. The number of hydrogen-bond acceptors (Lipinski definition) is 4. The fraction of sp³-hybridized carbons (Fsp3) is 0.235. The van der Waals surface area contributed by atoms with Crippen molar-refractivity contribution >= 4 is 33.1 Å². The third-order valence-electron chi connectivity index (χ3n) is 4.31. The molecule has 0 fully saturated rings. The van der Waals surface area contributed by atoms with E-state index in [2.05, 4.69) is 28.5 Å². The fourth-order valence-corrected chi connectivity index (χ4v) is 4.24. The Morgan fingerprint density at radius 2 is 2.22 bits per heavy atom. The maximum atomic E-state index is 11.2. The molecule has 4 N–H and O–H groups in total. The number of anilines is 1. The van der Waals surface area contributed by atoms with Crippen LogP contribution < -0.4 is 15.8 Å². The Kier molecular flexibility index (Phi) is 3.27. The van der Waals surface area contributed by atoms with E-state index in [1.54, 1.807) is 18.4 Å². The predicted molar refractivity (Wildman–Crippen MR) is 92.6 cm³/mol. The van der Waals surface area contributed by atoms with Gasteiger partial charge in [-0.15, -0.1) is 11.3 Å². The van der Waals surface area contributed by atoms with Gasteiger partial charge in [0, 0.05) is 28.4 Å². The summed E-state index contributed by atoms with van der Waals surface area (Å²) in [5, 5.41) is 4.55. The average molecular weight is 327 g/mol. The van der Waals surface area contributed by atoms with Gasteiger partial charge < -0.3 is 20.8 Å². The van der Waals surface area contributed by atoms with Gasteiger partial charge >= 0.3 is 0 Å². The van der Waals surface area contributed by atoms with Crippen LogP contribution in [0.4, 0.5) is 5.69 Å². The van der Waals surface area contributed by atoms with Gasteiger partial charge in [0.25, 0.3) is 5.91 Å². The van der Waals surface area contributed by atoms with Crippen molar-refractivity contribution < 1.29 is 9.53 Å². The summed E-state index contributed by atoms with van der Waals surface area (Å²) in [5.74, 6) is 0.878. The van der Waals surface area contributed by atoms with E-state index in [1.807, 2.05) is 12.1 Å². The molecule has 0 saturated carbocycles. The number of rotatable bonds is 3. The van der Waals surface area contributed by atoms with E-state index in [0.717, 1.165) is 28.9 Å². The number of carbonyl (C=O) groups excluding carboxylic acids is 1. The number of H-pyrrole nitrogens is 1. The van der Waals surface area contributed by atoms with Crippen molar-refractivity contribution in [2.75, 3.05) is 19.0 Å². The van der Waals surface area contributed by atoms with Gasteiger partial charge in [0.05, 0.1) is 7.11 Å². The molecule has 3 aromatic rings. The van der Waals surface area contributed by atoms with Gasteiger partial charge in [-0.1, -0.05) is 0 Å². The number of aromatic amines is 1. The molecule has 5 nitrogen and oxygen atoms in total. The molecule has 0 bridgehead atoms. The molecule has 2 aromatic heterocycles. The summed E-state index contributed by atoms with van der Waals surface area (Å²) < 4.78 is 5.32. The molecule has 1 amide bonds. The lowest BCUT2D eigenvalue weighted by Crippen LogP contribution is -2.20. The maximum absolute atomic E-state index is 11.2. The maximum Gasteiger partial charge on any atom is 0.265 e. The average Bonchev–Trinajstić information content (AvgIpc) is 3.12. The zero-order valence-corrected chi connectivity index (χ0v) is 13.5. The summed E-state index contributed by atoms with van der Waals surface area (Å²) in [6.07, 6.45) is 0.977. The van der Waals surface area contributed by atoms with E-state index in [4.69, 9.17) is 10.5 Å². The summed E-state index contributed by atoms with van der Waals surface area (Å²) in [6, 6.07) is 10.1. The number of carbonyl (C=O) groups is 1. The van der Waals surface area contributed by atoms with E-state index < -0.39 is 5.91 Å². The third kappa shape index (κ3) is 2.45. The van der Waals surface area contributed by atoms with Crippen molar-refractivity contribution in [2.45, 2.75) is 12.3 Å². The number of primary amides is 1. The molecule has 4 rings (SSSR count). The van der Waals surface area contributed by atoms with E-state index in [-0.39, 0.29) is 0 Å². The summed E-state index contributed by atoms with van der Waals surface area (Å²) in [6.45, 7) is 0.908. The van der Waals surface area contributed by atoms with Crippen molar-refractivity contribution in [1.82, 2.24) is 4.98 Å². The molecule has 118 valence electrons. The lowest BCUT2D eigenvalue weighted by Gasteiger charge is -2.25. The Balaban J connectivity index is 1.63. The number of benzene rings is 1. The first kappa shape index (κ1) is 14.1. The Morgan fingerprint density at radius 1 is 1.35 bits per heavy atom. The van der Waals surface area contributed by atoms with Crippen LogP contribution in [0.3, 0.4) is 0 Å². The molecule has 0 aliphatic carbocycles. The number of fused-ring (bicyclic) bond motifs is 2. The fourth-order valence-electron chi connectivity index (χ4n) is 3.09. The van der Waals surface area contributed by atoms with Crippen LogP contribution >= 0.6 is 11.3 Å². The summed E-state index contributed by atoms with van der Waals surface area (Å²) >= 11 is 1.69. The van der Waals surface area contributed by atoms with E-state index in [9.17, 15) is 4.79 Å². The minimum atomic E-state index is -0.421. The lowest BCUT2D eigenvalue weighted by molar-refractivity contribution is 0.0996. The Bertz CT molecular complexity index is 865. The van der Waals surface area contributed by atoms with E-state index in [1.165, 1.54) is 16.1 Å². The predicted octanol–water partition coefficient (Wildman–Crippen LogP) is 3.09. The minimum Gasteiger partial charge on any atom is -0.497 e. The van der Waals surface area contributed by atoms with Crippen LogP contribution in [0.5, 0.6) is 5.75 Å². The SMILES string of the molecule is COc1ccc2c(c1)CC(c1cc3cc(C(N)=O)[nH]c3s1)CN2. The number of ether oxygens (including phenoxy) is 1. The highest BCUT2D eigenvalue weighted by Crippen LogP contribution is 2.37. The molecular weight excluding hydrogens is 310 g/mol. The molecule has 1 aliphatic rings. The van der Waals surface area contributed by atoms with Crippen molar-refractivity contribution in [3.8, 4) is 5.75 Å². The van der Waals surface area contributed by atoms with Gasteiger partial charge in [0.15, 0.2) is 0 Å². The van der Waals surface area contributed by atoms with Gasteiger partial charge in [-0.3, -0.25) is 4.79 Å².